The van der Waals surface area contributed by atoms with Crippen LogP contribution in [-0.4, -0.2) is 105 Å². The summed E-state index contributed by atoms with van der Waals surface area (Å²) in [4.78, 5) is 35.7. The number of ether oxygens (including phenoxy) is 1. The van der Waals surface area contributed by atoms with Crippen LogP contribution in [0.1, 0.15) is 53.9 Å². The van der Waals surface area contributed by atoms with Crippen LogP contribution in [0, 0.1) is 5.92 Å². The van der Waals surface area contributed by atoms with E-state index in [1.165, 1.54) is 12.5 Å². The monoisotopic (exact) mass is 629 g/mol. The third kappa shape index (κ3) is 16.6. The fourth-order valence-electron chi connectivity index (χ4n) is 4.26. The number of methoxy groups -OCH3 is 1. The van der Waals surface area contributed by atoms with Crippen molar-refractivity contribution in [1.29, 1.82) is 0 Å². The Hall–Kier alpha value is -3.16. The average molecular weight is 630 g/mol. The average Bonchev–Trinajstić information content (AvgIpc) is 3.00. The van der Waals surface area contributed by atoms with E-state index < -0.39 is 12.3 Å². The van der Waals surface area contributed by atoms with E-state index in [0.29, 0.717) is 32.2 Å². The highest BCUT2D eigenvalue weighted by Crippen LogP contribution is 2.18. The van der Waals surface area contributed by atoms with Gasteiger partial charge in [0.1, 0.15) is 5.82 Å². The number of nitrogens with zero attached hydrogens (tertiary/aromatic N) is 4. The van der Waals surface area contributed by atoms with Crippen molar-refractivity contribution < 1.29 is 27.5 Å². The predicted molar refractivity (Wildman–Crippen MR) is 171 cm³/mol. The van der Waals surface area contributed by atoms with Crippen molar-refractivity contribution in [2.24, 2.45) is 22.4 Å². The predicted octanol–water partition coefficient (Wildman–Crippen LogP) is 3.78. The van der Waals surface area contributed by atoms with Crippen LogP contribution in [-0.2, 0) is 14.3 Å². The zero-order valence-electron chi connectivity index (χ0n) is 27.7. The van der Waals surface area contributed by atoms with Gasteiger partial charge < -0.3 is 26.6 Å². The molecule has 0 radical (unpaired) electrons. The summed E-state index contributed by atoms with van der Waals surface area (Å²) in [6, 6.07) is 0.479. The highest BCUT2D eigenvalue weighted by molar-refractivity contribution is 6.37. The molecule has 2 amide bonds. The summed E-state index contributed by atoms with van der Waals surface area (Å²) in [6.07, 6.45) is 9.25. The molecule has 0 aliphatic carbocycles. The van der Waals surface area contributed by atoms with Crippen LogP contribution in [0.5, 0.6) is 0 Å². The molecule has 1 unspecified atom stereocenters. The van der Waals surface area contributed by atoms with E-state index in [9.17, 15) is 22.8 Å². The van der Waals surface area contributed by atoms with Gasteiger partial charge >= 0.3 is 6.36 Å². The lowest BCUT2D eigenvalue weighted by Gasteiger charge is -2.38. The van der Waals surface area contributed by atoms with Gasteiger partial charge in [0.05, 0.1) is 5.57 Å². The number of amidine groups is 1. The number of amides is 2. The van der Waals surface area contributed by atoms with Crippen LogP contribution >= 0.6 is 0 Å². The molecule has 0 bridgehead atoms. The van der Waals surface area contributed by atoms with Gasteiger partial charge in [-0.3, -0.25) is 19.2 Å². The summed E-state index contributed by atoms with van der Waals surface area (Å²) in [5.74, 6) is -0.472. The fraction of sp³-hybridized carbons (Fsp3) is 0.645. The molecule has 1 heterocycles. The Balaban J connectivity index is 0.00000278. The van der Waals surface area contributed by atoms with Gasteiger partial charge in [-0.25, -0.2) is 4.99 Å². The molecule has 0 spiro atoms. The van der Waals surface area contributed by atoms with Crippen molar-refractivity contribution in [2.45, 2.75) is 66.3 Å². The second-order valence-electron chi connectivity index (χ2n) is 10.7. The quantitative estimate of drug-likeness (QED) is 0.122. The van der Waals surface area contributed by atoms with E-state index in [1.54, 1.807) is 7.05 Å². The van der Waals surface area contributed by atoms with Gasteiger partial charge in [-0.05, 0) is 65.2 Å². The topological polar surface area (TPSA) is 130 Å². The first kappa shape index (κ1) is 40.8. The zero-order chi connectivity index (χ0) is 33.9. The summed E-state index contributed by atoms with van der Waals surface area (Å²) in [5.41, 5.74) is 12.9. The molecule has 13 heteroatoms. The van der Waals surface area contributed by atoms with Crippen molar-refractivity contribution >= 4 is 17.6 Å². The molecule has 0 aromatic rings. The molecule has 1 saturated heterocycles. The van der Waals surface area contributed by atoms with E-state index in [-0.39, 0.29) is 23.1 Å². The summed E-state index contributed by atoms with van der Waals surface area (Å²) in [6.45, 7) is 15.0. The second kappa shape index (κ2) is 21.5. The molecule has 252 valence electrons. The maximum atomic E-state index is 12.8. The van der Waals surface area contributed by atoms with Gasteiger partial charge in [0.15, 0.2) is 5.84 Å². The molecule has 0 saturated carbocycles. The molecule has 1 aliphatic rings. The first-order chi connectivity index (χ1) is 20.6. The first-order valence-electron chi connectivity index (χ1n) is 14.9. The molecule has 10 nitrogen and oxygen atoms in total. The number of likely N-dealkylation sites (tertiary alicyclic amines) is 1. The molecule has 1 rings (SSSR count). The van der Waals surface area contributed by atoms with Crippen LogP contribution in [0.2, 0.25) is 0 Å². The van der Waals surface area contributed by atoms with Gasteiger partial charge in [-0.15, -0.1) is 13.2 Å². The van der Waals surface area contributed by atoms with Crippen molar-refractivity contribution in [1.82, 2.24) is 20.0 Å². The number of nitrogens with two attached hydrogens (primary N) is 2. The van der Waals surface area contributed by atoms with Crippen LogP contribution in [0.25, 0.3) is 0 Å². The highest BCUT2D eigenvalue weighted by Gasteiger charge is 2.26. The second-order valence-corrected chi connectivity index (χ2v) is 10.7. The Labute approximate surface area is 261 Å². The van der Waals surface area contributed by atoms with Crippen LogP contribution in [0.3, 0.4) is 0 Å². The number of primary amides is 1. The first-order valence-corrected chi connectivity index (χ1v) is 14.9. The normalized spacial score (nSPS) is 17.0. The minimum absolute atomic E-state index is 0.0352. The zero-order valence-corrected chi connectivity index (χ0v) is 27.7. The van der Waals surface area contributed by atoms with E-state index >= 15 is 0 Å². The number of piperidine rings is 1. The third-order valence-electron chi connectivity index (χ3n) is 7.46. The number of nitrogens with one attached hydrogen (secondary N) is 1. The molecule has 1 fully saturated rings. The highest BCUT2D eigenvalue weighted by atomic mass is 19.4. The maximum absolute atomic E-state index is 12.8. The summed E-state index contributed by atoms with van der Waals surface area (Å²) in [5, 5.41) is 2.66. The number of aliphatic imine (C=N–C) groups is 1. The molecule has 1 aliphatic heterocycles. The number of allylic oxidation sites excluding steroid dienone is 4. The van der Waals surface area contributed by atoms with Gasteiger partial charge in [-0.1, -0.05) is 50.6 Å². The molecule has 1 atom stereocenters. The van der Waals surface area contributed by atoms with Crippen molar-refractivity contribution in [3.8, 4) is 0 Å². The summed E-state index contributed by atoms with van der Waals surface area (Å²) >= 11 is 0. The number of hydrogen-bond acceptors (Lipinski definition) is 7. The Morgan fingerprint density at radius 1 is 1.16 bits per heavy atom. The standard InChI is InChI=1S/C29H51N7O2.C2H3F3O/c1-8-11-12-13-24(10-3)21-35-16-14-25(15-17-35)34(7)18-19-36(20-22(4)9-2)28(29(38)32-6)33-26(30)23(5)27(31)37;1-6-2(3,4)5/h8,10-13,22,25H,9,14-21,30H2,1-7H3,(H2,31,37)(H,32,38);1H3/b11-8-,13-12-,24-10+,26-23+,33-28+;. The maximum Gasteiger partial charge on any atom is 0.522 e. The van der Waals surface area contributed by atoms with Gasteiger partial charge in [0.2, 0.25) is 5.91 Å². The van der Waals surface area contributed by atoms with Crippen molar-refractivity contribution in [3.05, 3.63) is 47.3 Å². The van der Waals surface area contributed by atoms with E-state index in [4.69, 9.17) is 11.5 Å². The molecular formula is C31H54F3N7O3. The summed E-state index contributed by atoms with van der Waals surface area (Å²) < 4.78 is 34.6. The van der Waals surface area contributed by atoms with E-state index in [2.05, 4.69) is 77.0 Å². The minimum Gasteiger partial charge on any atom is -0.383 e. The van der Waals surface area contributed by atoms with Gasteiger partial charge in [0.25, 0.3) is 5.91 Å². The Bertz CT molecular complexity index is 1030. The Kier molecular flexibility index (Phi) is 20.0. The molecular weight excluding hydrogens is 575 g/mol. The van der Waals surface area contributed by atoms with Crippen LogP contribution < -0.4 is 16.8 Å². The number of alkyl halides is 3. The molecule has 0 aromatic carbocycles. The number of carbonyl (C=O) groups excluding carboxylic acids is 2. The number of rotatable bonds is 13. The lowest BCUT2D eigenvalue weighted by molar-refractivity contribution is -0.311. The Morgan fingerprint density at radius 3 is 2.20 bits per heavy atom. The molecule has 5 N–H and O–H groups in total. The SMILES string of the molecule is COC(F)(F)F.C\C=C/C=C\C(=C/C)CN1CCC(N(C)CCN(CC(C)CC)/C(=N/C(N)=C(\C)C(N)=O)C(=O)NC)CC1. The number of hydrogen-bond donors (Lipinski definition) is 3. The molecule has 44 heavy (non-hydrogen) atoms. The van der Waals surface area contributed by atoms with E-state index in [1.807, 2.05) is 17.9 Å². The van der Waals surface area contributed by atoms with Crippen molar-refractivity contribution in [2.75, 3.05) is 60.5 Å². The lowest BCUT2D eigenvalue weighted by Crippen LogP contribution is -2.49. The lowest BCUT2D eigenvalue weighted by atomic mass is 10.0. The van der Waals surface area contributed by atoms with Crippen LogP contribution in [0.15, 0.2) is 52.3 Å². The van der Waals surface area contributed by atoms with Crippen LogP contribution in [0.4, 0.5) is 13.2 Å². The summed E-state index contributed by atoms with van der Waals surface area (Å²) in [7, 11) is 4.30. The third-order valence-corrected chi connectivity index (χ3v) is 7.46. The number of likely N-dealkylation sites (N-methyl/N-ethyl adjacent to an activating group) is 2. The van der Waals surface area contributed by atoms with Gasteiger partial charge in [-0.2, -0.15) is 0 Å². The number of carbonyl (C=O) groups is 2. The molecule has 0 aromatic heterocycles. The smallest absolute Gasteiger partial charge is 0.383 e. The minimum atomic E-state index is -4.46. The fourth-order valence-corrected chi connectivity index (χ4v) is 4.26. The van der Waals surface area contributed by atoms with E-state index in [0.717, 1.165) is 45.4 Å². The van der Waals surface area contributed by atoms with Crippen molar-refractivity contribution in [3.63, 3.8) is 0 Å². The Morgan fingerprint density at radius 2 is 1.75 bits per heavy atom. The van der Waals surface area contributed by atoms with Gasteiger partial charge in [0, 0.05) is 46.4 Å². The number of halogens is 3. The largest absolute Gasteiger partial charge is 0.522 e.